The van der Waals surface area contributed by atoms with Crippen LogP contribution in [0.2, 0.25) is 0 Å². The zero-order valence-corrected chi connectivity index (χ0v) is 4.09. The lowest BCUT2D eigenvalue weighted by molar-refractivity contribution is 0.456. The number of hydrogen-bond donors (Lipinski definition) is 1. The number of aromatic amines is 1. The van der Waals surface area contributed by atoms with Crippen molar-refractivity contribution >= 4 is 11.0 Å². The first kappa shape index (κ1) is 3.72. The molecule has 2 aromatic heterocycles. The van der Waals surface area contributed by atoms with Crippen molar-refractivity contribution in [3.63, 3.8) is 0 Å². The zero-order chi connectivity index (χ0) is 5.40. The minimum atomic E-state index is 0. The predicted molar refractivity (Wildman–Crippen MR) is 29.5 cm³/mol. The van der Waals surface area contributed by atoms with Crippen LogP contribution in [0, 0.1) is 0 Å². The van der Waals surface area contributed by atoms with Gasteiger partial charge in [-0.3, -0.25) is 0 Å². The average molecular weight is 109 g/mol. The summed E-state index contributed by atoms with van der Waals surface area (Å²) in [6.07, 6.45) is 5.28. The van der Waals surface area contributed by atoms with Crippen LogP contribution in [0.25, 0.3) is 11.0 Å². The smallest absolute Gasteiger partial charge is 0.364 e. The molecule has 0 aromatic carbocycles. The van der Waals surface area contributed by atoms with E-state index in [2.05, 4.69) is 10.1 Å². The van der Waals surface area contributed by atoms with Gasteiger partial charge in [-0.15, -0.1) is 0 Å². The van der Waals surface area contributed by atoms with Crippen LogP contribution in [-0.2, 0) is 0 Å². The van der Waals surface area contributed by atoms with E-state index in [0.29, 0.717) is 0 Å². The van der Waals surface area contributed by atoms with E-state index in [9.17, 15) is 0 Å². The molecule has 8 heavy (non-hydrogen) atoms. The lowest BCUT2D eigenvalue weighted by Crippen LogP contribution is -1.49. The highest BCUT2D eigenvalue weighted by Gasteiger charge is 1.93. The third kappa shape index (κ3) is 0.307. The molecule has 0 radical (unpaired) electrons. The number of H-pyrrole nitrogens is 1. The summed E-state index contributed by atoms with van der Waals surface area (Å²) < 4.78 is 4.78. The largest absolute Gasteiger partial charge is 1.00 e. The molecule has 3 heteroatoms. The Bertz CT molecular complexity index is 236. The Balaban J connectivity index is 0.000000405. The summed E-state index contributed by atoms with van der Waals surface area (Å²) in [4.78, 5) is 2.88. The van der Waals surface area contributed by atoms with Crippen LogP contribution in [-0.4, -0.2) is 10.1 Å². The lowest BCUT2D eigenvalue weighted by atomic mass is 10.5. The van der Waals surface area contributed by atoms with E-state index in [1.807, 2.05) is 6.20 Å². The molecule has 0 fully saturated rings. The fourth-order valence-electron chi connectivity index (χ4n) is 0.681. The quantitative estimate of drug-likeness (QED) is 0.553. The minimum Gasteiger partial charge on any atom is -0.364 e. The number of hydrogen-bond acceptors (Lipinski definition) is 2. The fraction of sp³-hybridized carbons (Fsp3) is 0. The van der Waals surface area contributed by atoms with E-state index in [-0.39, 0.29) is 1.43 Å². The number of fused-ring (bicyclic) bond motifs is 1. The number of rotatable bonds is 0. The molecule has 3 nitrogen and oxygen atoms in total. The van der Waals surface area contributed by atoms with Crippen molar-refractivity contribution in [3.05, 3.63) is 18.6 Å². The Kier molecular flexibility index (Phi) is 0.521. The van der Waals surface area contributed by atoms with Gasteiger partial charge in [0.2, 0.25) is 0 Å². The van der Waals surface area contributed by atoms with Gasteiger partial charge in [-0.25, -0.2) is 0 Å². The molecule has 0 saturated heterocycles. The Morgan fingerprint density at radius 1 is 1.62 bits per heavy atom. The summed E-state index contributed by atoms with van der Waals surface area (Å²) in [7, 11) is 0. The summed E-state index contributed by atoms with van der Waals surface area (Å²) in [6, 6.07) is 0. The highest BCUT2D eigenvalue weighted by molar-refractivity contribution is 5.74. The van der Waals surface area contributed by atoms with Crippen LogP contribution in [0.3, 0.4) is 0 Å². The molecule has 0 aliphatic carbocycles. The van der Waals surface area contributed by atoms with Gasteiger partial charge in [-0.1, -0.05) is 5.16 Å². The Morgan fingerprint density at radius 2 is 2.62 bits per heavy atom. The van der Waals surface area contributed by atoms with Crippen molar-refractivity contribution in [2.45, 2.75) is 0 Å². The van der Waals surface area contributed by atoms with Gasteiger partial charge >= 0.3 is 1.43 Å². The minimum absolute atomic E-state index is 0. The van der Waals surface area contributed by atoms with Gasteiger partial charge in [-0.2, -0.15) is 0 Å². The van der Waals surface area contributed by atoms with Crippen molar-refractivity contribution in [1.29, 1.82) is 0 Å². The van der Waals surface area contributed by atoms with Crippen molar-refractivity contribution in [3.8, 4) is 0 Å². The number of nitrogens with one attached hydrogen (secondary N) is 1. The zero-order valence-electron chi connectivity index (χ0n) is 5.09. The molecule has 2 aromatic rings. The highest BCUT2D eigenvalue weighted by atomic mass is 16.5. The first-order chi connectivity index (χ1) is 3.97. The van der Waals surface area contributed by atoms with E-state index < -0.39 is 0 Å². The third-order valence-electron chi connectivity index (χ3n) is 1.08. The van der Waals surface area contributed by atoms with Gasteiger partial charge in [0.05, 0.1) is 11.6 Å². The van der Waals surface area contributed by atoms with Gasteiger partial charge in [0.25, 0.3) is 0 Å². The van der Waals surface area contributed by atoms with Gasteiger partial charge in [0, 0.05) is 12.4 Å². The van der Waals surface area contributed by atoms with Gasteiger partial charge < -0.3 is 9.51 Å². The Labute approximate surface area is 46.8 Å². The van der Waals surface area contributed by atoms with Crippen LogP contribution in [0.4, 0.5) is 0 Å². The fourth-order valence-corrected chi connectivity index (χ4v) is 0.681. The average Bonchev–Trinajstić information content (AvgIpc) is 2.15. The van der Waals surface area contributed by atoms with Crippen molar-refractivity contribution < 1.29 is 5.95 Å². The van der Waals surface area contributed by atoms with Gasteiger partial charge in [0.1, 0.15) is 0 Å². The molecule has 2 heterocycles. The van der Waals surface area contributed by atoms with Crippen LogP contribution < -0.4 is 0 Å². The molecule has 1 N–H and O–H groups in total. The summed E-state index contributed by atoms with van der Waals surface area (Å²) in [5.74, 6) is 0. The second-order valence-electron chi connectivity index (χ2n) is 1.60. The van der Waals surface area contributed by atoms with E-state index >= 15 is 0 Å². The van der Waals surface area contributed by atoms with Crippen LogP contribution in [0.1, 0.15) is 1.43 Å². The maximum absolute atomic E-state index is 4.78. The van der Waals surface area contributed by atoms with E-state index in [1.165, 1.54) is 0 Å². The van der Waals surface area contributed by atoms with Crippen LogP contribution in [0.5, 0.6) is 0 Å². The normalized spacial score (nSPS) is 10.5. The van der Waals surface area contributed by atoms with E-state index in [4.69, 9.17) is 4.52 Å². The van der Waals surface area contributed by atoms with E-state index in [1.54, 1.807) is 12.4 Å². The molecule has 0 aliphatic rings. The molecular formula is C5H5N2O+. The SMILES string of the molecule is [H+].c1noc2c[nH]cc12. The maximum Gasteiger partial charge on any atom is 1.00 e. The molecule has 0 aliphatic heterocycles. The molecule has 0 amide bonds. The van der Waals surface area contributed by atoms with E-state index in [0.717, 1.165) is 11.0 Å². The maximum atomic E-state index is 4.78. The van der Waals surface area contributed by atoms with Crippen LogP contribution >= 0.6 is 0 Å². The summed E-state index contributed by atoms with van der Waals surface area (Å²) >= 11 is 0. The summed E-state index contributed by atoms with van der Waals surface area (Å²) in [5.41, 5.74) is 0.810. The van der Waals surface area contributed by atoms with Crippen molar-refractivity contribution in [2.75, 3.05) is 0 Å². The molecule has 0 bridgehead atoms. The first-order valence-corrected chi connectivity index (χ1v) is 2.34. The lowest BCUT2D eigenvalue weighted by Gasteiger charge is -1.61. The third-order valence-corrected chi connectivity index (χ3v) is 1.08. The molecule has 0 spiro atoms. The molecule has 0 saturated carbocycles. The standard InChI is InChI=1S/C5H4N2O/c1-4-2-7-8-5(4)3-6-1/h1-3,6H/p+1. The van der Waals surface area contributed by atoms with Gasteiger partial charge in [0.15, 0.2) is 5.58 Å². The Hall–Kier alpha value is -1.25. The van der Waals surface area contributed by atoms with Gasteiger partial charge in [-0.05, 0) is 0 Å². The molecule has 0 atom stereocenters. The number of aromatic nitrogens is 2. The number of nitrogens with zero attached hydrogens (tertiary/aromatic N) is 1. The molecule has 40 valence electrons. The molecule has 0 unspecified atom stereocenters. The predicted octanol–water partition coefficient (Wildman–Crippen LogP) is 1.27. The first-order valence-electron chi connectivity index (χ1n) is 2.34. The Morgan fingerprint density at radius 3 is 3.50 bits per heavy atom. The topological polar surface area (TPSA) is 41.8 Å². The van der Waals surface area contributed by atoms with Crippen LogP contribution in [0.15, 0.2) is 23.1 Å². The molecular weight excluding hydrogens is 104 g/mol. The highest BCUT2D eigenvalue weighted by Crippen LogP contribution is 2.09. The second-order valence-corrected chi connectivity index (χ2v) is 1.60. The monoisotopic (exact) mass is 109 g/mol. The second kappa shape index (κ2) is 1.12. The van der Waals surface area contributed by atoms with Crippen molar-refractivity contribution in [2.24, 2.45) is 0 Å². The summed E-state index contributed by atoms with van der Waals surface area (Å²) in [5, 5.41) is 4.58. The molecule has 2 rings (SSSR count). The van der Waals surface area contributed by atoms with Crippen molar-refractivity contribution in [1.82, 2.24) is 10.1 Å². The summed E-state index contributed by atoms with van der Waals surface area (Å²) in [6.45, 7) is 0.